The minimum Gasteiger partial charge on any atom is -0.504 e. The molecule has 0 aliphatic heterocycles. The minimum absolute atomic E-state index is 0.199. The number of hydrogen-bond donors (Lipinski definition) is 3. The largest absolute Gasteiger partial charge is 0.504 e. The van der Waals surface area contributed by atoms with Crippen molar-refractivity contribution in [2.24, 2.45) is 5.73 Å². The number of carbonyl (C=O) groups excluding carboxylic acids is 2. The number of nitrogen functional groups attached to an aromatic ring is 1. The van der Waals surface area contributed by atoms with Gasteiger partial charge in [-0.15, -0.1) is 0 Å². The number of anilines is 1. The Morgan fingerprint density at radius 1 is 1.57 bits per heavy atom. The van der Waals surface area contributed by atoms with Crippen LogP contribution in [0.15, 0.2) is 6.07 Å². The second-order valence-corrected chi connectivity index (χ2v) is 2.57. The summed E-state index contributed by atoms with van der Waals surface area (Å²) in [5.41, 5.74) is 8.76. The number of amides is 1. The molecule has 0 aliphatic rings. The van der Waals surface area contributed by atoms with E-state index in [9.17, 15) is 14.0 Å². The highest BCUT2D eigenvalue weighted by atomic mass is 19.1. The Morgan fingerprint density at radius 3 is 2.57 bits per heavy atom. The Balaban J connectivity index is 3.56. The summed E-state index contributed by atoms with van der Waals surface area (Å²) >= 11 is 0. The van der Waals surface area contributed by atoms with E-state index >= 15 is 0 Å². The van der Waals surface area contributed by atoms with Crippen molar-refractivity contribution >= 4 is 17.9 Å². The maximum atomic E-state index is 13.1. The van der Waals surface area contributed by atoms with Crippen molar-refractivity contribution in [2.75, 3.05) is 5.73 Å². The first-order chi connectivity index (χ1) is 6.49. The van der Waals surface area contributed by atoms with Crippen LogP contribution in [0.5, 0.6) is 5.75 Å². The Kier molecular flexibility index (Phi) is 2.37. The van der Waals surface area contributed by atoms with Crippen molar-refractivity contribution in [3.05, 3.63) is 23.0 Å². The Hall–Kier alpha value is -2.11. The first-order valence-corrected chi connectivity index (χ1v) is 3.55. The number of phenols is 1. The molecule has 0 spiro atoms. The lowest BCUT2D eigenvalue weighted by atomic mass is 10.1. The van der Waals surface area contributed by atoms with Crippen LogP contribution in [-0.4, -0.2) is 17.3 Å². The zero-order valence-corrected chi connectivity index (χ0v) is 6.95. The van der Waals surface area contributed by atoms with E-state index in [1.54, 1.807) is 0 Å². The van der Waals surface area contributed by atoms with E-state index in [2.05, 4.69) is 0 Å². The van der Waals surface area contributed by atoms with Crippen LogP contribution >= 0.6 is 0 Å². The Bertz CT molecular complexity index is 418. The molecule has 1 rings (SSSR count). The van der Waals surface area contributed by atoms with Crippen LogP contribution in [0.2, 0.25) is 0 Å². The van der Waals surface area contributed by atoms with Crippen LogP contribution < -0.4 is 11.5 Å². The number of rotatable bonds is 2. The molecule has 1 amide bonds. The summed E-state index contributed by atoms with van der Waals surface area (Å²) < 4.78 is 13.1. The molecule has 6 heteroatoms. The SMILES string of the molecule is NC(=O)c1cc(C=O)c(O)c(F)c1N. The molecule has 0 aliphatic carbocycles. The number of nitrogens with two attached hydrogens (primary N) is 2. The third-order valence-electron chi connectivity index (χ3n) is 1.70. The van der Waals surface area contributed by atoms with Gasteiger partial charge in [0.15, 0.2) is 17.9 Å². The topological polar surface area (TPSA) is 106 Å². The summed E-state index contributed by atoms with van der Waals surface area (Å²) in [6.45, 7) is 0. The predicted octanol–water partition coefficient (Wildman–Crippen LogP) is 0.0249. The highest BCUT2D eigenvalue weighted by Crippen LogP contribution is 2.28. The number of halogens is 1. The van der Waals surface area contributed by atoms with Crippen LogP contribution in [0.1, 0.15) is 20.7 Å². The number of carbonyl (C=O) groups is 2. The first-order valence-electron chi connectivity index (χ1n) is 3.55. The van der Waals surface area contributed by atoms with Gasteiger partial charge in [0.1, 0.15) is 0 Å². The lowest BCUT2D eigenvalue weighted by Crippen LogP contribution is -2.15. The number of phenolic OH excluding ortho intramolecular Hbond substituents is 1. The molecule has 0 heterocycles. The highest BCUT2D eigenvalue weighted by Gasteiger charge is 2.17. The fraction of sp³-hybridized carbons (Fsp3) is 0. The van der Waals surface area contributed by atoms with Gasteiger partial charge in [0, 0.05) is 0 Å². The van der Waals surface area contributed by atoms with Crippen LogP contribution in [0.25, 0.3) is 0 Å². The second kappa shape index (κ2) is 3.33. The number of aromatic hydroxyl groups is 1. The molecule has 14 heavy (non-hydrogen) atoms. The molecule has 0 aromatic heterocycles. The fourth-order valence-electron chi connectivity index (χ4n) is 0.968. The monoisotopic (exact) mass is 198 g/mol. The molecule has 5 N–H and O–H groups in total. The van der Waals surface area contributed by atoms with Crippen molar-refractivity contribution in [1.82, 2.24) is 0 Å². The smallest absolute Gasteiger partial charge is 0.250 e. The van der Waals surface area contributed by atoms with E-state index in [1.807, 2.05) is 0 Å². The standard InChI is InChI=1S/C8H7FN2O3/c9-5-6(10)4(8(11)14)1-3(2-12)7(5)13/h1-2,13H,10H2,(H2,11,14). The van der Waals surface area contributed by atoms with Crippen molar-refractivity contribution < 1.29 is 19.1 Å². The van der Waals surface area contributed by atoms with E-state index < -0.39 is 23.2 Å². The zero-order valence-electron chi connectivity index (χ0n) is 6.95. The van der Waals surface area contributed by atoms with Gasteiger partial charge in [-0.2, -0.15) is 0 Å². The van der Waals surface area contributed by atoms with E-state index in [1.165, 1.54) is 0 Å². The molecule has 5 nitrogen and oxygen atoms in total. The normalized spacial score (nSPS) is 9.79. The predicted molar refractivity (Wildman–Crippen MR) is 46.4 cm³/mol. The van der Waals surface area contributed by atoms with Crippen LogP contribution in [0.3, 0.4) is 0 Å². The molecule has 0 bridgehead atoms. The summed E-state index contributed by atoms with van der Waals surface area (Å²) in [6.07, 6.45) is 0.199. The molecule has 0 saturated carbocycles. The van der Waals surface area contributed by atoms with Crippen LogP contribution in [0, 0.1) is 5.82 Å². The molecular formula is C8H7FN2O3. The maximum Gasteiger partial charge on any atom is 0.250 e. The van der Waals surface area contributed by atoms with Crippen molar-refractivity contribution in [3.63, 3.8) is 0 Å². The van der Waals surface area contributed by atoms with Gasteiger partial charge in [0.2, 0.25) is 0 Å². The summed E-state index contributed by atoms with van der Waals surface area (Å²) in [6, 6.07) is 0.934. The molecule has 0 saturated heterocycles. The molecular weight excluding hydrogens is 191 g/mol. The zero-order chi connectivity index (χ0) is 10.9. The summed E-state index contributed by atoms with van der Waals surface area (Å²) in [4.78, 5) is 21.1. The highest BCUT2D eigenvalue weighted by molar-refractivity contribution is 6.00. The van der Waals surface area contributed by atoms with Gasteiger partial charge in [0.25, 0.3) is 5.91 Å². The van der Waals surface area contributed by atoms with Gasteiger partial charge in [0.05, 0.1) is 16.8 Å². The summed E-state index contributed by atoms with van der Waals surface area (Å²) in [7, 11) is 0. The van der Waals surface area contributed by atoms with Crippen LogP contribution in [-0.2, 0) is 0 Å². The van der Waals surface area contributed by atoms with Gasteiger partial charge < -0.3 is 16.6 Å². The van der Waals surface area contributed by atoms with E-state index in [4.69, 9.17) is 16.6 Å². The van der Waals surface area contributed by atoms with Gasteiger partial charge in [-0.05, 0) is 6.07 Å². The molecule has 0 unspecified atom stereocenters. The van der Waals surface area contributed by atoms with E-state index in [0.717, 1.165) is 6.07 Å². The van der Waals surface area contributed by atoms with Gasteiger partial charge >= 0.3 is 0 Å². The third kappa shape index (κ3) is 1.37. The lowest BCUT2D eigenvalue weighted by Gasteiger charge is -2.06. The molecule has 0 atom stereocenters. The summed E-state index contributed by atoms with van der Waals surface area (Å²) in [5.74, 6) is -3.07. The molecule has 0 radical (unpaired) electrons. The van der Waals surface area contributed by atoms with E-state index in [-0.39, 0.29) is 17.4 Å². The van der Waals surface area contributed by atoms with Crippen molar-refractivity contribution in [2.45, 2.75) is 0 Å². The number of benzene rings is 1. The third-order valence-corrected chi connectivity index (χ3v) is 1.70. The quantitative estimate of drug-likeness (QED) is 0.460. The number of aldehydes is 1. The summed E-state index contributed by atoms with van der Waals surface area (Å²) in [5, 5.41) is 9.05. The van der Waals surface area contributed by atoms with Gasteiger partial charge in [-0.1, -0.05) is 0 Å². The van der Waals surface area contributed by atoms with E-state index in [0.29, 0.717) is 0 Å². The molecule has 1 aromatic carbocycles. The van der Waals surface area contributed by atoms with Gasteiger partial charge in [-0.25, -0.2) is 4.39 Å². The number of hydrogen-bond acceptors (Lipinski definition) is 4. The molecule has 0 fully saturated rings. The minimum atomic E-state index is -1.22. The maximum absolute atomic E-state index is 13.1. The van der Waals surface area contributed by atoms with Crippen molar-refractivity contribution in [3.8, 4) is 5.75 Å². The average molecular weight is 198 g/mol. The average Bonchev–Trinajstić information content (AvgIpc) is 2.14. The van der Waals surface area contributed by atoms with Crippen LogP contribution in [0.4, 0.5) is 10.1 Å². The van der Waals surface area contributed by atoms with Crippen molar-refractivity contribution in [1.29, 1.82) is 0 Å². The molecule has 74 valence electrons. The molecule has 1 aromatic rings. The fourth-order valence-corrected chi connectivity index (χ4v) is 0.968. The number of primary amides is 1. The Morgan fingerprint density at radius 2 is 2.14 bits per heavy atom. The Labute approximate surface area is 78.1 Å². The lowest BCUT2D eigenvalue weighted by molar-refractivity contribution is 0.100. The van der Waals surface area contributed by atoms with Gasteiger partial charge in [-0.3, -0.25) is 9.59 Å². The first kappa shape index (κ1) is 9.97. The second-order valence-electron chi connectivity index (χ2n) is 2.57.